The van der Waals surface area contributed by atoms with Crippen molar-refractivity contribution in [2.75, 3.05) is 18.4 Å². The molecule has 1 aliphatic rings. The summed E-state index contributed by atoms with van der Waals surface area (Å²) in [4.78, 5) is 24.1. The summed E-state index contributed by atoms with van der Waals surface area (Å²) in [5.41, 5.74) is 8.66. The molecule has 0 unspecified atom stereocenters. The smallest absolute Gasteiger partial charge is 0.303 e. The van der Waals surface area contributed by atoms with Gasteiger partial charge in [-0.3, -0.25) is 9.59 Å². The van der Waals surface area contributed by atoms with E-state index in [0.717, 1.165) is 61.7 Å². The van der Waals surface area contributed by atoms with Gasteiger partial charge in [0.2, 0.25) is 0 Å². The molecule has 1 aliphatic heterocycles. The number of fused-ring (bicyclic) bond motifs is 1. The van der Waals surface area contributed by atoms with Gasteiger partial charge in [0, 0.05) is 23.9 Å². The van der Waals surface area contributed by atoms with E-state index in [1.165, 1.54) is 32.8 Å². The summed E-state index contributed by atoms with van der Waals surface area (Å²) in [5, 5.41) is 27.0. The van der Waals surface area contributed by atoms with Crippen LogP contribution in [0.4, 0.5) is 5.69 Å². The highest BCUT2D eigenvalue weighted by molar-refractivity contribution is 7.09. The van der Waals surface area contributed by atoms with Crippen LogP contribution in [0.2, 0.25) is 5.02 Å². The fraction of sp³-hybridized carbons (Fsp3) is 0.281. The van der Waals surface area contributed by atoms with Crippen molar-refractivity contribution in [2.45, 2.75) is 45.1 Å². The first-order valence-corrected chi connectivity index (χ1v) is 14.9. The van der Waals surface area contributed by atoms with E-state index < -0.39 is 11.9 Å². The second-order valence-electron chi connectivity index (χ2n) is 9.76. The summed E-state index contributed by atoms with van der Waals surface area (Å²) in [6.45, 7) is 2.78. The van der Waals surface area contributed by atoms with Crippen LogP contribution in [0.5, 0.6) is 0 Å². The van der Waals surface area contributed by atoms with Crippen LogP contribution < -0.4 is 10.6 Å². The molecule has 0 saturated carbocycles. The maximum atomic E-state index is 9.64. The molecule has 9 heteroatoms. The summed E-state index contributed by atoms with van der Waals surface area (Å²) in [7, 11) is 0. The maximum absolute atomic E-state index is 9.64. The molecule has 1 aromatic heterocycles. The topological polar surface area (TPSA) is 112 Å². The molecule has 0 bridgehead atoms. The number of hydrogen-bond acceptors (Lipinski definition) is 6. The van der Waals surface area contributed by atoms with Gasteiger partial charge >= 0.3 is 11.9 Å². The van der Waals surface area contributed by atoms with Gasteiger partial charge in [0.25, 0.3) is 0 Å². The predicted molar refractivity (Wildman–Crippen MR) is 165 cm³/mol. The molecule has 0 fully saturated rings. The number of rotatable bonds is 10. The normalized spacial score (nSPS) is 12.4. The van der Waals surface area contributed by atoms with Crippen LogP contribution in [0.25, 0.3) is 11.3 Å². The van der Waals surface area contributed by atoms with Gasteiger partial charge in [0.05, 0.1) is 34.3 Å². The van der Waals surface area contributed by atoms with Gasteiger partial charge in [-0.05, 0) is 60.7 Å². The van der Waals surface area contributed by atoms with E-state index in [0.29, 0.717) is 0 Å². The van der Waals surface area contributed by atoms with Gasteiger partial charge in [-0.15, -0.1) is 11.3 Å². The average molecular weight is 592 g/mol. The number of aryl methyl sites for hydroxylation is 2. The number of benzene rings is 3. The average Bonchev–Trinajstić information content (AvgIpc) is 3.33. The van der Waals surface area contributed by atoms with Crippen LogP contribution in [-0.4, -0.2) is 40.2 Å². The van der Waals surface area contributed by atoms with Crippen LogP contribution in [-0.2, 0) is 41.8 Å². The van der Waals surface area contributed by atoms with Gasteiger partial charge in [0.1, 0.15) is 0 Å². The SMILES string of the molecule is Clc1ccc2c(c1NCc1ccc(-c3csc(CCc4ccccc4)n3)cc1)CCNCC2.O=C(O)CCC(=O)O. The molecule has 0 saturated heterocycles. The Morgan fingerprint density at radius 1 is 0.878 bits per heavy atom. The Balaban J connectivity index is 0.000000426. The van der Waals surface area contributed by atoms with E-state index in [4.69, 9.17) is 26.8 Å². The Labute approximate surface area is 249 Å². The van der Waals surface area contributed by atoms with E-state index in [9.17, 15) is 9.59 Å². The molecule has 0 aliphatic carbocycles. The molecule has 0 radical (unpaired) electrons. The highest BCUT2D eigenvalue weighted by Gasteiger charge is 2.15. The number of aromatic nitrogens is 1. The second-order valence-corrected chi connectivity index (χ2v) is 11.1. The molecule has 0 atom stereocenters. The summed E-state index contributed by atoms with van der Waals surface area (Å²) in [6.07, 6.45) is 3.48. The van der Waals surface area contributed by atoms with Crippen molar-refractivity contribution in [1.29, 1.82) is 0 Å². The van der Waals surface area contributed by atoms with Gasteiger partial charge in [-0.2, -0.15) is 0 Å². The van der Waals surface area contributed by atoms with E-state index >= 15 is 0 Å². The lowest BCUT2D eigenvalue weighted by Gasteiger charge is -2.16. The fourth-order valence-electron chi connectivity index (χ4n) is 4.59. The third-order valence-electron chi connectivity index (χ3n) is 6.78. The van der Waals surface area contributed by atoms with E-state index in [1.54, 1.807) is 11.3 Å². The number of carbonyl (C=O) groups is 2. The standard InChI is InChI=1S/C28H28ClN3S.C4H6O4/c29-25-12-11-22-14-16-30-17-15-24(22)28(25)31-18-21-6-9-23(10-7-21)26-19-33-27(32-26)13-8-20-4-2-1-3-5-20;5-3(6)1-2-4(7)8/h1-7,9-12,19,30-31H,8,13-18H2;1-2H2,(H,5,6)(H,7,8). The lowest BCUT2D eigenvalue weighted by molar-refractivity contribution is -0.143. The zero-order chi connectivity index (χ0) is 29.0. The Morgan fingerprint density at radius 2 is 1.59 bits per heavy atom. The van der Waals surface area contributed by atoms with Crippen molar-refractivity contribution in [3.8, 4) is 11.3 Å². The van der Waals surface area contributed by atoms with Crippen molar-refractivity contribution in [1.82, 2.24) is 10.3 Å². The first-order chi connectivity index (χ1) is 19.9. The lowest BCUT2D eigenvalue weighted by Crippen LogP contribution is -2.16. The highest BCUT2D eigenvalue weighted by atomic mass is 35.5. The third kappa shape index (κ3) is 9.42. The van der Waals surface area contributed by atoms with Crippen LogP contribution in [0.1, 0.15) is 40.1 Å². The minimum Gasteiger partial charge on any atom is -0.481 e. The lowest BCUT2D eigenvalue weighted by atomic mass is 10.0. The van der Waals surface area contributed by atoms with Crippen molar-refractivity contribution in [3.05, 3.63) is 104 Å². The van der Waals surface area contributed by atoms with Crippen LogP contribution in [0.3, 0.4) is 0 Å². The molecule has 41 heavy (non-hydrogen) atoms. The molecule has 0 spiro atoms. The van der Waals surface area contributed by atoms with Crippen molar-refractivity contribution in [2.24, 2.45) is 0 Å². The molecular weight excluding hydrogens is 558 g/mol. The van der Waals surface area contributed by atoms with Crippen molar-refractivity contribution < 1.29 is 19.8 Å². The largest absolute Gasteiger partial charge is 0.481 e. The molecule has 0 amide bonds. The Bertz CT molecular complexity index is 1430. The second kappa shape index (κ2) is 15.3. The van der Waals surface area contributed by atoms with Crippen LogP contribution >= 0.6 is 22.9 Å². The van der Waals surface area contributed by atoms with E-state index in [1.807, 2.05) is 6.07 Å². The number of nitrogens with zero attached hydrogens (tertiary/aromatic N) is 1. The van der Waals surface area contributed by atoms with Crippen molar-refractivity contribution in [3.63, 3.8) is 0 Å². The first kappa shape index (κ1) is 30.2. The van der Waals surface area contributed by atoms with Crippen LogP contribution in [0.15, 0.2) is 72.1 Å². The zero-order valence-corrected chi connectivity index (χ0v) is 24.3. The number of nitrogens with one attached hydrogen (secondary N) is 2. The molecule has 4 aromatic rings. The molecular formula is C32H34ClN3O4S. The summed E-state index contributed by atoms with van der Waals surface area (Å²) < 4.78 is 0. The minimum absolute atomic E-state index is 0.296. The number of halogens is 1. The summed E-state index contributed by atoms with van der Waals surface area (Å²) in [5.74, 6) is -2.15. The Morgan fingerprint density at radius 3 is 2.29 bits per heavy atom. The molecule has 5 rings (SSSR count). The van der Waals surface area contributed by atoms with Gasteiger partial charge in [0.15, 0.2) is 0 Å². The van der Waals surface area contributed by atoms with Gasteiger partial charge < -0.3 is 20.8 Å². The molecule has 3 aromatic carbocycles. The zero-order valence-electron chi connectivity index (χ0n) is 22.7. The Kier molecular flexibility index (Phi) is 11.3. The van der Waals surface area contributed by atoms with Gasteiger partial charge in [-0.25, -0.2) is 4.98 Å². The molecule has 2 heterocycles. The number of carboxylic acids is 2. The molecule has 4 N–H and O–H groups in total. The molecule has 214 valence electrons. The van der Waals surface area contributed by atoms with Crippen LogP contribution in [0, 0.1) is 0 Å². The molecule has 7 nitrogen and oxygen atoms in total. The van der Waals surface area contributed by atoms with E-state index in [2.05, 4.69) is 76.7 Å². The number of hydrogen-bond donors (Lipinski definition) is 4. The summed E-state index contributed by atoms with van der Waals surface area (Å²) in [6, 6.07) is 23.5. The number of aliphatic carboxylic acids is 2. The predicted octanol–water partition coefficient (Wildman–Crippen LogP) is 6.48. The fourth-order valence-corrected chi connectivity index (χ4v) is 5.64. The highest BCUT2D eigenvalue weighted by Crippen LogP contribution is 2.31. The van der Waals surface area contributed by atoms with Crippen molar-refractivity contribution >= 4 is 40.6 Å². The third-order valence-corrected chi connectivity index (χ3v) is 8.00. The number of thiazole rings is 1. The Hall–Kier alpha value is -3.72. The van der Waals surface area contributed by atoms with E-state index in [-0.39, 0.29) is 12.8 Å². The number of anilines is 1. The monoisotopic (exact) mass is 591 g/mol. The maximum Gasteiger partial charge on any atom is 0.303 e. The number of carboxylic acid groups (broad SMARTS) is 2. The quantitative estimate of drug-likeness (QED) is 0.167. The first-order valence-electron chi connectivity index (χ1n) is 13.6. The minimum atomic E-state index is -1.08. The summed E-state index contributed by atoms with van der Waals surface area (Å²) >= 11 is 8.31. The van der Waals surface area contributed by atoms with Gasteiger partial charge in [-0.1, -0.05) is 72.3 Å².